The van der Waals surface area contributed by atoms with E-state index in [2.05, 4.69) is 10.6 Å². The van der Waals surface area contributed by atoms with Gasteiger partial charge in [0.1, 0.15) is 6.04 Å². The van der Waals surface area contributed by atoms with Crippen molar-refractivity contribution in [2.24, 2.45) is 5.92 Å². The first kappa shape index (κ1) is 21.7. The molecule has 0 radical (unpaired) electrons. The van der Waals surface area contributed by atoms with E-state index in [9.17, 15) is 14.4 Å². The van der Waals surface area contributed by atoms with Crippen LogP contribution in [0.15, 0.2) is 30.3 Å². The molecule has 1 aromatic carbocycles. The molecule has 0 bridgehead atoms. The Morgan fingerprint density at radius 3 is 2.19 bits per heavy atom. The molecule has 0 aliphatic carbocycles. The highest BCUT2D eigenvalue weighted by Gasteiger charge is 2.30. The van der Waals surface area contributed by atoms with Crippen LogP contribution in [0.3, 0.4) is 0 Å². The van der Waals surface area contributed by atoms with Gasteiger partial charge in [-0.2, -0.15) is 0 Å². The zero-order valence-corrected chi connectivity index (χ0v) is 16.6. The molecule has 2 N–H and O–H groups in total. The minimum absolute atomic E-state index is 0.0513. The van der Waals surface area contributed by atoms with Crippen LogP contribution in [-0.4, -0.2) is 47.8 Å². The lowest BCUT2D eigenvalue weighted by molar-refractivity contribution is -0.137. The minimum Gasteiger partial charge on any atom is -0.350 e. The number of nitrogens with one attached hydrogen (secondary N) is 2. The number of nitrogens with zero attached hydrogens (tertiary/aromatic N) is 1. The molecule has 0 aliphatic rings. The van der Waals surface area contributed by atoms with Gasteiger partial charge in [0, 0.05) is 18.2 Å². The zero-order valence-electron chi connectivity index (χ0n) is 16.6. The van der Waals surface area contributed by atoms with E-state index in [1.807, 2.05) is 40.7 Å². The molecule has 26 heavy (non-hydrogen) atoms. The SMILES string of the molecule is CC[C@H](C)[C@H](NC(=O)c1ccccc1)C(=O)N(C)CC(=O)NC(C)(C)C. The van der Waals surface area contributed by atoms with Crippen LogP contribution in [0.1, 0.15) is 51.4 Å². The van der Waals surface area contributed by atoms with Crippen LogP contribution in [0, 0.1) is 5.92 Å². The molecule has 6 heteroatoms. The van der Waals surface area contributed by atoms with Crippen molar-refractivity contribution >= 4 is 17.7 Å². The molecule has 0 spiro atoms. The molecular formula is C20H31N3O3. The van der Waals surface area contributed by atoms with Crippen LogP contribution in [0.4, 0.5) is 0 Å². The quantitative estimate of drug-likeness (QED) is 0.781. The van der Waals surface area contributed by atoms with Gasteiger partial charge in [-0.1, -0.05) is 38.5 Å². The monoisotopic (exact) mass is 361 g/mol. The van der Waals surface area contributed by atoms with E-state index in [0.717, 1.165) is 6.42 Å². The van der Waals surface area contributed by atoms with Crippen LogP contribution in [0.5, 0.6) is 0 Å². The summed E-state index contributed by atoms with van der Waals surface area (Å²) in [6, 6.07) is 8.10. The molecule has 0 saturated heterocycles. The minimum atomic E-state index is -0.680. The first-order valence-electron chi connectivity index (χ1n) is 8.97. The van der Waals surface area contributed by atoms with Crippen LogP contribution in [-0.2, 0) is 9.59 Å². The predicted molar refractivity (Wildman–Crippen MR) is 103 cm³/mol. The number of amides is 3. The highest BCUT2D eigenvalue weighted by atomic mass is 16.2. The maximum absolute atomic E-state index is 12.8. The zero-order chi connectivity index (χ0) is 19.9. The van der Waals surface area contributed by atoms with Crippen LogP contribution in [0.2, 0.25) is 0 Å². The van der Waals surface area contributed by atoms with E-state index in [0.29, 0.717) is 5.56 Å². The first-order valence-corrected chi connectivity index (χ1v) is 8.97. The fraction of sp³-hybridized carbons (Fsp3) is 0.550. The van der Waals surface area contributed by atoms with Crippen molar-refractivity contribution in [3.63, 3.8) is 0 Å². The Bertz CT molecular complexity index is 623. The molecule has 3 amide bonds. The number of likely N-dealkylation sites (N-methyl/N-ethyl adjacent to an activating group) is 1. The third kappa shape index (κ3) is 6.86. The largest absolute Gasteiger partial charge is 0.350 e. The summed E-state index contributed by atoms with van der Waals surface area (Å²) in [5.41, 5.74) is 0.139. The van der Waals surface area contributed by atoms with Crippen LogP contribution in [0.25, 0.3) is 0 Å². The summed E-state index contributed by atoms with van der Waals surface area (Å²) in [5, 5.41) is 5.66. The van der Waals surface area contributed by atoms with Gasteiger partial charge in [0.15, 0.2) is 0 Å². The van der Waals surface area contributed by atoms with Gasteiger partial charge in [0.05, 0.1) is 6.54 Å². The van der Waals surface area contributed by atoms with Crippen molar-refractivity contribution in [2.75, 3.05) is 13.6 Å². The average Bonchev–Trinajstić information content (AvgIpc) is 2.57. The fourth-order valence-electron chi connectivity index (χ4n) is 2.49. The smallest absolute Gasteiger partial charge is 0.251 e. The van der Waals surface area contributed by atoms with Gasteiger partial charge in [0.2, 0.25) is 11.8 Å². The van der Waals surface area contributed by atoms with E-state index in [1.165, 1.54) is 4.90 Å². The maximum Gasteiger partial charge on any atom is 0.251 e. The maximum atomic E-state index is 12.8. The van der Waals surface area contributed by atoms with Crippen molar-refractivity contribution in [3.05, 3.63) is 35.9 Å². The molecule has 0 unspecified atom stereocenters. The molecule has 1 aromatic rings. The highest BCUT2D eigenvalue weighted by molar-refractivity contribution is 5.98. The van der Waals surface area contributed by atoms with E-state index in [1.54, 1.807) is 31.3 Å². The molecular weight excluding hydrogens is 330 g/mol. The number of carbonyl (C=O) groups excluding carboxylic acids is 3. The number of hydrogen-bond acceptors (Lipinski definition) is 3. The first-order chi connectivity index (χ1) is 12.0. The summed E-state index contributed by atoms with van der Waals surface area (Å²) in [5.74, 6) is -0.849. The lowest BCUT2D eigenvalue weighted by Gasteiger charge is -2.29. The molecule has 1 rings (SSSR count). The van der Waals surface area contributed by atoms with Gasteiger partial charge in [-0.05, 0) is 38.8 Å². The normalized spacial score (nSPS) is 13.5. The molecule has 2 atom stereocenters. The summed E-state index contributed by atoms with van der Waals surface area (Å²) in [4.78, 5) is 38.7. The predicted octanol–water partition coefficient (Wildman–Crippen LogP) is 2.20. The molecule has 144 valence electrons. The Morgan fingerprint density at radius 1 is 1.12 bits per heavy atom. The molecule has 6 nitrogen and oxygen atoms in total. The van der Waals surface area contributed by atoms with Crippen molar-refractivity contribution in [2.45, 2.75) is 52.6 Å². The Hall–Kier alpha value is -2.37. The third-order valence-corrected chi connectivity index (χ3v) is 4.07. The van der Waals surface area contributed by atoms with Gasteiger partial charge in [-0.25, -0.2) is 0 Å². The van der Waals surface area contributed by atoms with E-state index < -0.39 is 6.04 Å². The summed E-state index contributed by atoms with van der Waals surface area (Å²) in [6.07, 6.45) is 0.730. The summed E-state index contributed by atoms with van der Waals surface area (Å²) in [7, 11) is 1.58. The second kappa shape index (κ2) is 9.36. The molecule has 0 aromatic heterocycles. The second-order valence-corrected chi connectivity index (χ2v) is 7.70. The number of carbonyl (C=O) groups is 3. The average molecular weight is 361 g/mol. The van der Waals surface area contributed by atoms with Gasteiger partial charge >= 0.3 is 0 Å². The van der Waals surface area contributed by atoms with Crippen LogP contribution < -0.4 is 10.6 Å². The molecule has 0 heterocycles. The number of benzene rings is 1. The second-order valence-electron chi connectivity index (χ2n) is 7.70. The lowest BCUT2D eigenvalue weighted by atomic mass is 9.97. The Kier molecular flexibility index (Phi) is 7.80. The standard InChI is InChI=1S/C20H31N3O3/c1-7-14(2)17(21-18(25)15-11-9-8-10-12-15)19(26)23(6)13-16(24)22-20(3,4)5/h8-12,14,17H,7,13H2,1-6H3,(H,21,25)(H,22,24)/t14-,17-/m0/s1. The van der Waals surface area contributed by atoms with Crippen molar-refractivity contribution in [1.82, 2.24) is 15.5 Å². The molecule has 0 saturated carbocycles. The van der Waals surface area contributed by atoms with Crippen molar-refractivity contribution in [1.29, 1.82) is 0 Å². The number of rotatable bonds is 7. The van der Waals surface area contributed by atoms with E-state index >= 15 is 0 Å². The Labute approximate surface area is 156 Å². The Balaban J connectivity index is 2.83. The summed E-state index contributed by atoms with van der Waals surface area (Å²) in [6.45, 7) is 9.48. The highest BCUT2D eigenvalue weighted by Crippen LogP contribution is 2.12. The lowest BCUT2D eigenvalue weighted by Crippen LogP contribution is -2.53. The van der Waals surface area contributed by atoms with Gasteiger partial charge < -0.3 is 15.5 Å². The Morgan fingerprint density at radius 2 is 1.69 bits per heavy atom. The van der Waals surface area contributed by atoms with Gasteiger partial charge in [0.25, 0.3) is 5.91 Å². The topological polar surface area (TPSA) is 78.5 Å². The van der Waals surface area contributed by atoms with Crippen LogP contribution >= 0.6 is 0 Å². The summed E-state index contributed by atoms with van der Waals surface area (Å²) < 4.78 is 0. The van der Waals surface area contributed by atoms with Crippen molar-refractivity contribution in [3.8, 4) is 0 Å². The van der Waals surface area contributed by atoms with Gasteiger partial charge in [-0.3, -0.25) is 14.4 Å². The summed E-state index contributed by atoms with van der Waals surface area (Å²) >= 11 is 0. The van der Waals surface area contributed by atoms with Gasteiger partial charge in [-0.15, -0.1) is 0 Å². The van der Waals surface area contributed by atoms with E-state index in [-0.39, 0.29) is 35.7 Å². The molecule has 0 aliphatic heterocycles. The fourth-order valence-corrected chi connectivity index (χ4v) is 2.49. The number of hydrogen-bond donors (Lipinski definition) is 2. The molecule has 0 fully saturated rings. The third-order valence-electron chi connectivity index (χ3n) is 4.07. The van der Waals surface area contributed by atoms with Crippen molar-refractivity contribution < 1.29 is 14.4 Å². The van der Waals surface area contributed by atoms with E-state index in [4.69, 9.17) is 0 Å².